The van der Waals surface area contributed by atoms with Gasteiger partial charge in [0.2, 0.25) is 6.10 Å². The van der Waals surface area contributed by atoms with E-state index in [-0.39, 0.29) is 5.91 Å². The maximum atomic E-state index is 12.1. The van der Waals surface area contributed by atoms with Gasteiger partial charge in [-0.05, 0) is 37.7 Å². The molecule has 0 fully saturated rings. The maximum Gasteiger partial charge on any atom is 0.264 e. The van der Waals surface area contributed by atoms with Crippen LogP contribution in [0.4, 0.5) is 0 Å². The van der Waals surface area contributed by atoms with Crippen LogP contribution in [0.1, 0.15) is 49.5 Å². The predicted molar refractivity (Wildman–Crippen MR) is 87.3 cm³/mol. The first-order valence-electron chi connectivity index (χ1n) is 8.40. The molecule has 1 atom stereocenters. The van der Waals surface area contributed by atoms with Crippen LogP contribution in [0, 0.1) is 12.8 Å². The molecule has 0 spiro atoms. The zero-order chi connectivity index (χ0) is 16.4. The first kappa shape index (κ1) is 15.9. The molecule has 3 rings (SSSR count). The third kappa shape index (κ3) is 3.51. The minimum absolute atomic E-state index is 0.109. The van der Waals surface area contributed by atoms with E-state index in [4.69, 9.17) is 4.84 Å². The van der Waals surface area contributed by atoms with Gasteiger partial charge in [-0.1, -0.05) is 19.0 Å². The summed E-state index contributed by atoms with van der Waals surface area (Å²) in [7, 11) is 0. The topological polar surface area (TPSA) is 76.5 Å². The fraction of sp³-hybridized carbons (Fsp3) is 0.647. The lowest BCUT2D eigenvalue weighted by molar-refractivity contribution is -0.131. The van der Waals surface area contributed by atoms with E-state index in [0.717, 1.165) is 30.1 Å². The molecule has 1 aliphatic carbocycles. The molecule has 1 N–H and O–H groups in total. The SMILES string of the molecule is Cc1nc(CCNC(=O)C2CC(C(C)C)=NO2)nc2c1CCC2. The second kappa shape index (κ2) is 6.64. The first-order valence-corrected chi connectivity index (χ1v) is 8.40. The molecular formula is C17H24N4O2. The summed E-state index contributed by atoms with van der Waals surface area (Å²) in [6.07, 6.45) is 4.04. The van der Waals surface area contributed by atoms with Gasteiger partial charge in [0, 0.05) is 30.8 Å². The molecule has 6 nitrogen and oxygen atoms in total. The summed E-state index contributed by atoms with van der Waals surface area (Å²) in [5.74, 6) is 1.02. The summed E-state index contributed by atoms with van der Waals surface area (Å²) in [5, 5.41) is 6.89. The fourth-order valence-corrected chi connectivity index (χ4v) is 3.08. The first-order chi connectivity index (χ1) is 11.0. The van der Waals surface area contributed by atoms with Crippen molar-refractivity contribution in [1.29, 1.82) is 0 Å². The highest BCUT2D eigenvalue weighted by Crippen LogP contribution is 2.22. The van der Waals surface area contributed by atoms with Gasteiger partial charge < -0.3 is 10.2 Å². The Kier molecular flexibility index (Phi) is 4.59. The Morgan fingerprint density at radius 2 is 2.17 bits per heavy atom. The Hall–Kier alpha value is -1.98. The third-order valence-corrected chi connectivity index (χ3v) is 4.48. The van der Waals surface area contributed by atoms with E-state index in [9.17, 15) is 4.79 Å². The van der Waals surface area contributed by atoms with Crippen LogP contribution in [0.5, 0.6) is 0 Å². The van der Waals surface area contributed by atoms with Gasteiger partial charge in [0.1, 0.15) is 5.82 Å². The summed E-state index contributed by atoms with van der Waals surface area (Å²) >= 11 is 0. The molecule has 1 aromatic heterocycles. The summed E-state index contributed by atoms with van der Waals surface area (Å²) in [6, 6.07) is 0. The average Bonchev–Trinajstić information content (AvgIpc) is 3.16. The quantitative estimate of drug-likeness (QED) is 0.897. The van der Waals surface area contributed by atoms with E-state index < -0.39 is 6.10 Å². The number of hydrogen-bond donors (Lipinski definition) is 1. The van der Waals surface area contributed by atoms with Crippen LogP contribution < -0.4 is 5.32 Å². The van der Waals surface area contributed by atoms with Crippen molar-refractivity contribution in [2.45, 2.75) is 59.0 Å². The van der Waals surface area contributed by atoms with Crippen molar-refractivity contribution in [3.8, 4) is 0 Å². The normalized spacial score (nSPS) is 19.5. The lowest BCUT2D eigenvalue weighted by Crippen LogP contribution is -2.36. The highest BCUT2D eigenvalue weighted by atomic mass is 16.6. The second-order valence-corrected chi connectivity index (χ2v) is 6.58. The maximum absolute atomic E-state index is 12.1. The summed E-state index contributed by atoms with van der Waals surface area (Å²) in [6.45, 7) is 6.67. The number of fused-ring (bicyclic) bond motifs is 1. The number of oxime groups is 1. The molecule has 1 unspecified atom stereocenters. The predicted octanol–water partition coefficient (Wildman–Crippen LogP) is 1.73. The van der Waals surface area contributed by atoms with Gasteiger partial charge in [-0.25, -0.2) is 9.97 Å². The summed E-state index contributed by atoms with van der Waals surface area (Å²) in [4.78, 5) is 26.5. The number of aryl methyl sites for hydroxylation is 2. The number of aromatic nitrogens is 2. The van der Waals surface area contributed by atoms with E-state index in [0.29, 0.717) is 25.3 Å². The molecule has 2 aliphatic rings. The zero-order valence-corrected chi connectivity index (χ0v) is 14.1. The second-order valence-electron chi connectivity index (χ2n) is 6.58. The van der Waals surface area contributed by atoms with Gasteiger partial charge in [-0.3, -0.25) is 4.79 Å². The Balaban J connectivity index is 1.49. The number of rotatable bonds is 5. The molecule has 0 radical (unpaired) electrons. The van der Waals surface area contributed by atoms with Crippen LogP contribution in [0.25, 0.3) is 0 Å². The summed E-state index contributed by atoms with van der Waals surface area (Å²) in [5.41, 5.74) is 4.54. The van der Waals surface area contributed by atoms with Crippen molar-refractivity contribution in [3.63, 3.8) is 0 Å². The summed E-state index contributed by atoms with van der Waals surface area (Å²) < 4.78 is 0. The number of hydrogen-bond acceptors (Lipinski definition) is 5. The molecule has 1 aliphatic heterocycles. The van der Waals surface area contributed by atoms with Gasteiger partial charge in [-0.2, -0.15) is 0 Å². The van der Waals surface area contributed by atoms with E-state index in [2.05, 4.69) is 34.3 Å². The van der Waals surface area contributed by atoms with Crippen LogP contribution in [0.2, 0.25) is 0 Å². The lowest BCUT2D eigenvalue weighted by atomic mass is 10.0. The Morgan fingerprint density at radius 1 is 1.35 bits per heavy atom. The van der Waals surface area contributed by atoms with Crippen LogP contribution in [0.3, 0.4) is 0 Å². The van der Waals surface area contributed by atoms with Crippen LogP contribution in [-0.2, 0) is 28.9 Å². The molecule has 2 heterocycles. The van der Waals surface area contributed by atoms with Crippen molar-refractivity contribution in [1.82, 2.24) is 15.3 Å². The zero-order valence-electron chi connectivity index (χ0n) is 14.1. The van der Waals surface area contributed by atoms with Crippen LogP contribution >= 0.6 is 0 Å². The molecule has 0 saturated carbocycles. The van der Waals surface area contributed by atoms with Crippen LogP contribution in [-0.4, -0.2) is 34.2 Å². The van der Waals surface area contributed by atoms with Gasteiger partial charge in [0.05, 0.1) is 5.71 Å². The van der Waals surface area contributed by atoms with Crippen molar-refractivity contribution >= 4 is 11.6 Å². The third-order valence-electron chi connectivity index (χ3n) is 4.48. The largest absolute Gasteiger partial charge is 0.382 e. The molecule has 124 valence electrons. The van der Waals surface area contributed by atoms with Gasteiger partial charge in [-0.15, -0.1) is 0 Å². The van der Waals surface area contributed by atoms with Crippen molar-refractivity contribution in [3.05, 3.63) is 22.8 Å². The molecule has 1 amide bonds. The van der Waals surface area contributed by atoms with E-state index in [1.54, 1.807) is 0 Å². The molecule has 0 saturated heterocycles. The van der Waals surface area contributed by atoms with Crippen LogP contribution in [0.15, 0.2) is 5.16 Å². The molecule has 0 aromatic carbocycles. The molecule has 23 heavy (non-hydrogen) atoms. The molecule has 1 aromatic rings. The highest BCUT2D eigenvalue weighted by molar-refractivity contribution is 5.93. The Labute approximate surface area is 136 Å². The van der Waals surface area contributed by atoms with Crippen molar-refractivity contribution in [2.24, 2.45) is 11.1 Å². The standard InChI is InChI=1S/C17H24N4O2/c1-10(2)14-9-15(23-21-14)17(22)18-8-7-16-19-11(3)12-5-4-6-13(12)20-16/h10,15H,4-9H2,1-3H3,(H,18,22). The lowest BCUT2D eigenvalue weighted by Gasteiger charge is -2.10. The van der Waals surface area contributed by atoms with Crippen molar-refractivity contribution in [2.75, 3.05) is 6.54 Å². The molecular weight excluding hydrogens is 292 g/mol. The average molecular weight is 316 g/mol. The molecule has 0 bridgehead atoms. The van der Waals surface area contributed by atoms with E-state index >= 15 is 0 Å². The van der Waals surface area contributed by atoms with Gasteiger partial charge in [0.15, 0.2) is 0 Å². The number of nitrogens with one attached hydrogen (secondary N) is 1. The molecule has 6 heteroatoms. The number of amides is 1. The van der Waals surface area contributed by atoms with Gasteiger partial charge in [0.25, 0.3) is 5.91 Å². The fourth-order valence-electron chi connectivity index (χ4n) is 3.08. The Morgan fingerprint density at radius 3 is 2.91 bits per heavy atom. The van der Waals surface area contributed by atoms with Gasteiger partial charge >= 0.3 is 0 Å². The minimum Gasteiger partial charge on any atom is -0.382 e. The smallest absolute Gasteiger partial charge is 0.264 e. The van der Waals surface area contributed by atoms with Crippen molar-refractivity contribution < 1.29 is 9.63 Å². The van der Waals surface area contributed by atoms with E-state index in [1.165, 1.54) is 17.7 Å². The Bertz CT molecular complexity index is 640. The van der Waals surface area contributed by atoms with E-state index in [1.807, 2.05) is 6.92 Å². The minimum atomic E-state index is -0.491. The number of carbonyl (C=O) groups excluding carboxylic acids is 1. The monoisotopic (exact) mass is 316 g/mol. The number of nitrogens with zero attached hydrogens (tertiary/aromatic N) is 3. The number of carbonyl (C=O) groups is 1. The highest BCUT2D eigenvalue weighted by Gasteiger charge is 2.29.